The highest BCUT2D eigenvalue weighted by Gasteiger charge is 1.94. The summed E-state index contributed by atoms with van der Waals surface area (Å²) in [5.74, 6) is 0.266. The van der Waals surface area contributed by atoms with E-state index in [9.17, 15) is 5.11 Å². The maximum atomic E-state index is 9.18. The molecule has 1 N–H and O–H groups in total. The van der Waals surface area contributed by atoms with Crippen LogP contribution in [0, 0.1) is 0 Å². The van der Waals surface area contributed by atoms with Crippen LogP contribution in [0.5, 0.6) is 5.75 Å². The summed E-state index contributed by atoms with van der Waals surface area (Å²) in [5, 5.41) is 9.18. The minimum absolute atomic E-state index is 0.266. The molecule has 0 saturated heterocycles. The molecule has 0 heterocycles. The van der Waals surface area contributed by atoms with E-state index < -0.39 is 0 Å². The van der Waals surface area contributed by atoms with Gasteiger partial charge in [-0.05, 0) is 54.1 Å². The Bertz CT molecular complexity index is 527. The molecule has 2 aromatic carbocycles. The predicted molar refractivity (Wildman–Crippen MR) is 76.1 cm³/mol. The van der Waals surface area contributed by atoms with Crippen molar-refractivity contribution in [2.24, 2.45) is 4.99 Å². The van der Waals surface area contributed by atoms with Gasteiger partial charge in [0.2, 0.25) is 0 Å². The molecular formula is C15H16N2O. The minimum Gasteiger partial charge on any atom is -0.508 e. The standard InChI is InChI=1S/C15H16N2O/c1-17(2)14-7-5-13(6-8-14)16-11-12-3-9-15(18)10-4-12/h3-11,18H,1-2H3. The Morgan fingerprint density at radius 3 is 2.11 bits per heavy atom. The minimum atomic E-state index is 0.266. The number of aromatic hydroxyl groups is 1. The third-order valence-corrected chi connectivity index (χ3v) is 2.62. The van der Waals surface area contributed by atoms with E-state index in [0.717, 1.165) is 16.9 Å². The SMILES string of the molecule is CN(C)c1ccc(N=Cc2ccc(O)cc2)cc1. The zero-order chi connectivity index (χ0) is 13.0. The Kier molecular flexibility index (Phi) is 3.63. The van der Waals surface area contributed by atoms with E-state index in [1.807, 2.05) is 55.4 Å². The number of phenols is 1. The molecule has 0 fully saturated rings. The summed E-state index contributed by atoms with van der Waals surface area (Å²) in [6.07, 6.45) is 1.78. The third-order valence-electron chi connectivity index (χ3n) is 2.62. The lowest BCUT2D eigenvalue weighted by atomic mass is 10.2. The van der Waals surface area contributed by atoms with E-state index in [1.165, 1.54) is 0 Å². The van der Waals surface area contributed by atoms with Crippen LogP contribution < -0.4 is 4.90 Å². The fraction of sp³-hybridized carbons (Fsp3) is 0.133. The van der Waals surface area contributed by atoms with Gasteiger partial charge in [-0.2, -0.15) is 0 Å². The van der Waals surface area contributed by atoms with Gasteiger partial charge in [0, 0.05) is 26.0 Å². The van der Waals surface area contributed by atoms with Crippen LogP contribution in [-0.4, -0.2) is 25.4 Å². The lowest BCUT2D eigenvalue weighted by Gasteiger charge is -2.11. The maximum absolute atomic E-state index is 9.18. The molecule has 2 rings (SSSR count). The van der Waals surface area contributed by atoms with Gasteiger partial charge < -0.3 is 10.0 Å². The first-order valence-corrected chi connectivity index (χ1v) is 5.75. The van der Waals surface area contributed by atoms with E-state index in [1.54, 1.807) is 18.3 Å². The normalized spacial score (nSPS) is 10.8. The largest absolute Gasteiger partial charge is 0.508 e. The molecule has 0 aliphatic carbocycles. The van der Waals surface area contributed by atoms with E-state index in [0.29, 0.717) is 0 Å². The van der Waals surface area contributed by atoms with Gasteiger partial charge >= 0.3 is 0 Å². The average Bonchev–Trinajstić information content (AvgIpc) is 2.38. The monoisotopic (exact) mass is 240 g/mol. The first kappa shape index (κ1) is 12.2. The summed E-state index contributed by atoms with van der Waals surface area (Å²) >= 11 is 0. The molecule has 18 heavy (non-hydrogen) atoms. The third kappa shape index (κ3) is 3.10. The van der Waals surface area contributed by atoms with Gasteiger partial charge in [0.15, 0.2) is 0 Å². The number of anilines is 1. The van der Waals surface area contributed by atoms with Crippen molar-refractivity contribution in [2.75, 3.05) is 19.0 Å². The van der Waals surface area contributed by atoms with E-state index in [4.69, 9.17) is 0 Å². The van der Waals surface area contributed by atoms with Crippen molar-refractivity contribution in [1.29, 1.82) is 0 Å². The quantitative estimate of drug-likeness (QED) is 0.836. The van der Waals surface area contributed by atoms with Crippen molar-refractivity contribution in [3.63, 3.8) is 0 Å². The Balaban J connectivity index is 2.11. The summed E-state index contributed by atoms with van der Waals surface area (Å²) in [6, 6.07) is 15.0. The molecule has 0 aliphatic heterocycles. The van der Waals surface area contributed by atoms with Crippen molar-refractivity contribution in [2.45, 2.75) is 0 Å². The van der Waals surface area contributed by atoms with Gasteiger partial charge in [-0.3, -0.25) is 4.99 Å². The molecule has 3 heteroatoms. The second-order valence-corrected chi connectivity index (χ2v) is 4.26. The van der Waals surface area contributed by atoms with Crippen LogP contribution in [0.2, 0.25) is 0 Å². The summed E-state index contributed by atoms with van der Waals surface area (Å²) in [6.45, 7) is 0. The maximum Gasteiger partial charge on any atom is 0.115 e. The number of hydrogen-bond donors (Lipinski definition) is 1. The Hall–Kier alpha value is -2.29. The molecule has 3 nitrogen and oxygen atoms in total. The average molecular weight is 240 g/mol. The number of phenolic OH excluding ortho intramolecular Hbond substituents is 1. The van der Waals surface area contributed by atoms with E-state index >= 15 is 0 Å². The van der Waals surface area contributed by atoms with Crippen molar-refractivity contribution < 1.29 is 5.11 Å². The number of nitrogens with zero attached hydrogens (tertiary/aromatic N) is 2. The topological polar surface area (TPSA) is 35.8 Å². The summed E-state index contributed by atoms with van der Waals surface area (Å²) < 4.78 is 0. The van der Waals surface area contributed by atoms with Crippen molar-refractivity contribution >= 4 is 17.6 Å². The van der Waals surface area contributed by atoms with Gasteiger partial charge in [-0.1, -0.05) is 0 Å². The Morgan fingerprint density at radius 1 is 0.944 bits per heavy atom. The Labute approximate surface area is 107 Å². The molecule has 0 unspecified atom stereocenters. The molecule has 0 spiro atoms. The molecule has 0 radical (unpaired) electrons. The van der Waals surface area contributed by atoms with Crippen LogP contribution >= 0.6 is 0 Å². The second-order valence-electron chi connectivity index (χ2n) is 4.26. The molecule has 0 bridgehead atoms. The molecule has 2 aromatic rings. The van der Waals surface area contributed by atoms with Gasteiger partial charge in [-0.25, -0.2) is 0 Å². The van der Waals surface area contributed by atoms with Crippen molar-refractivity contribution in [3.8, 4) is 5.75 Å². The highest BCUT2D eigenvalue weighted by Crippen LogP contribution is 2.18. The molecule has 92 valence electrons. The summed E-state index contributed by atoms with van der Waals surface area (Å²) in [4.78, 5) is 6.43. The van der Waals surface area contributed by atoms with Crippen LogP contribution in [0.3, 0.4) is 0 Å². The second kappa shape index (κ2) is 5.36. The van der Waals surface area contributed by atoms with Gasteiger partial charge in [-0.15, -0.1) is 0 Å². The number of aliphatic imine (C=N–C) groups is 1. The van der Waals surface area contributed by atoms with E-state index in [2.05, 4.69) is 4.99 Å². The van der Waals surface area contributed by atoms with Crippen molar-refractivity contribution in [3.05, 3.63) is 54.1 Å². The van der Waals surface area contributed by atoms with E-state index in [-0.39, 0.29) is 5.75 Å². The van der Waals surface area contributed by atoms with Gasteiger partial charge in [0.25, 0.3) is 0 Å². The lowest BCUT2D eigenvalue weighted by molar-refractivity contribution is 0.475. The van der Waals surface area contributed by atoms with Crippen molar-refractivity contribution in [1.82, 2.24) is 0 Å². The fourth-order valence-electron chi connectivity index (χ4n) is 1.55. The van der Waals surface area contributed by atoms with Crippen LogP contribution in [0.1, 0.15) is 5.56 Å². The smallest absolute Gasteiger partial charge is 0.115 e. The van der Waals surface area contributed by atoms with Crippen LogP contribution in [0.25, 0.3) is 0 Å². The van der Waals surface area contributed by atoms with Crippen LogP contribution in [-0.2, 0) is 0 Å². The highest BCUT2D eigenvalue weighted by molar-refractivity contribution is 5.82. The molecule has 0 aliphatic rings. The fourth-order valence-corrected chi connectivity index (χ4v) is 1.55. The molecule has 0 atom stereocenters. The molecule has 0 amide bonds. The molecule has 0 saturated carbocycles. The first-order valence-electron chi connectivity index (χ1n) is 5.75. The Morgan fingerprint density at radius 2 is 1.56 bits per heavy atom. The first-order chi connectivity index (χ1) is 8.65. The number of rotatable bonds is 3. The molecular weight excluding hydrogens is 224 g/mol. The predicted octanol–water partition coefficient (Wildman–Crippen LogP) is 3.21. The number of benzene rings is 2. The van der Waals surface area contributed by atoms with Gasteiger partial charge in [0.1, 0.15) is 5.75 Å². The van der Waals surface area contributed by atoms with Crippen LogP contribution in [0.15, 0.2) is 53.5 Å². The molecule has 0 aromatic heterocycles. The summed E-state index contributed by atoms with van der Waals surface area (Å²) in [5.41, 5.74) is 3.02. The zero-order valence-corrected chi connectivity index (χ0v) is 10.5. The van der Waals surface area contributed by atoms with Crippen LogP contribution in [0.4, 0.5) is 11.4 Å². The lowest BCUT2D eigenvalue weighted by Crippen LogP contribution is -2.07. The van der Waals surface area contributed by atoms with Gasteiger partial charge in [0.05, 0.1) is 5.69 Å². The zero-order valence-electron chi connectivity index (χ0n) is 10.5. The summed E-state index contributed by atoms with van der Waals surface area (Å²) in [7, 11) is 4.02. The highest BCUT2D eigenvalue weighted by atomic mass is 16.3. The number of hydrogen-bond acceptors (Lipinski definition) is 3.